The maximum absolute atomic E-state index is 13.6. The third-order valence-corrected chi connectivity index (χ3v) is 5.97. The van der Waals surface area contributed by atoms with Crippen LogP contribution in [0.25, 0.3) is 0 Å². The Balaban J connectivity index is 1.47. The third-order valence-electron chi connectivity index (χ3n) is 5.97. The molecule has 1 aromatic heterocycles. The van der Waals surface area contributed by atoms with Gasteiger partial charge in [0.1, 0.15) is 18.2 Å². The minimum Gasteiger partial charge on any atom is -0.491 e. The summed E-state index contributed by atoms with van der Waals surface area (Å²) < 4.78 is 52.4. The second-order valence-electron chi connectivity index (χ2n) is 8.35. The Bertz CT molecular complexity index is 869. The lowest BCUT2D eigenvalue weighted by Gasteiger charge is -2.31. The van der Waals surface area contributed by atoms with Gasteiger partial charge in [-0.2, -0.15) is 18.3 Å². The zero-order valence-electron chi connectivity index (χ0n) is 17.9. The van der Waals surface area contributed by atoms with E-state index >= 15 is 0 Å². The van der Waals surface area contributed by atoms with E-state index in [1.54, 1.807) is 20.1 Å². The minimum atomic E-state index is -4.31. The van der Waals surface area contributed by atoms with Crippen LogP contribution in [0.1, 0.15) is 49.5 Å². The van der Waals surface area contributed by atoms with Crippen LogP contribution in [0.3, 0.4) is 0 Å². The first-order valence-electron chi connectivity index (χ1n) is 10.7. The van der Waals surface area contributed by atoms with Crippen LogP contribution in [0.4, 0.5) is 19.0 Å². The summed E-state index contributed by atoms with van der Waals surface area (Å²) in [4.78, 5) is 2.29. The molecule has 0 aliphatic carbocycles. The number of likely N-dealkylation sites (tertiary alicyclic amines) is 1. The van der Waals surface area contributed by atoms with Crippen LogP contribution < -0.4 is 10.1 Å². The van der Waals surface area contributed by atoms with Gasteiger partial charge in [-0.05, 0) is 50.4 Å². The van der Waals surface area contributed by atoms with Crippen molar-refractivity contribution in [1.82, 2.24) is 14.7 Å². The Hall–Kier alpha value is -2.26. The van der Waals surface area contributed by atoms with E-state index in [-0.39, 0.29) is 18.5 Å². The predicted molar refractivity (Wildman–Crippen MR) is 111 cm³/mol. The van der Waals surface area contributed by atoms with Gasteiger partial charge in [0, 0.05) is 25.8 Å². The van der Waals surface area contributed by atoms with E-state index in [0.717, 1.165) is 41.9 Å². The first-order valence-corrected chi connectivity index (χ1v) is 10.7. The molecule has 0 bridgehead atoms. The molecule has 1 N–H and O–H groups in total. The third kappa shape index (κ3) is 4.98. The highest BCUT2D eigenvalue weighted by atomic mass is 19.4. The van der Waals surface area contributed by atoms with Gasteiger partial charge >= 0.3 is 6.18 Å². The van der Waals surface area contributed by atoms with Gasteiger partial charge in [0.2, 0.25) is 0 Å². The topological polar surface area (TPSA) is 51.6 Å². The number of rotatable bonds is 7. The predicted octanol–water partition coefficient (Wildman–Crippen LogP) is 4.55. The highest BCUT2D eigenvalue weighted by Gasteiger charge is 2.46. The fourth-order valence-electron chi connectivity index (χ4n) is 4.46. The molecule has 170 valence electrons. The SMILES string of the molecule is COCCOc1ccc(CN2CCC[C@@H]2c2cc3n(n2)[C@@H](C(F)(F)F)C[C@@H](C)N3)cc1. The maximum atomic E-state index is 13.6. The number of benzene rings is 1. The van der Waals surface area contributed by atoms with Crippen LogP contribution in [0.2, 0.25) is 0 Å². The zero-order valence-corrected chi connectivity index (χ0v) is 17.9. The van der Waals surface area contributed by atoms with Gasteiger partial charge in [-0.1, -0.05) is 12.1 Å². The molecule has 9 heteroatoms. The van der Waals surface area contributed by atoms with Gasteiger partial charge in [0.15, 0.2) is 6.04 Å². The van der Waals surface area contributed by atoms with E-state index in [0.29, 0.717) is 24.7 Å². The molecule has 2 aliphatic heterocycles. The summed E-state index contributed by atoms with van der Waals surface area (Å²) in [6, 6.07) is 7.92. The highest BCUT2D eigenvalue weighted by Crippen LogP contribution is 2.41. The number of aromatic nitrogens is 2. The largest absolute Gasteiger partial charge is 0.491 e. The highest BCUT2D eigenvalue weighted by molar-refractivity contribution is 5.42. The van der Waals surface area contributed by atoms with Gasteiger partial charge in [0.05, 0.1) is 18.3 Å². The fourth-order valence-corrected chi connectivity index (χ4v) is 4.46. The van der Waals surface area contributed by atoms with Crippen LogP contribution in [0.15, 0.2) is 30.3 Å². The molecule has 0 spiro atoms. The molecule has 0 radical (unpaired) electrons. The smallest absolute Gasteiger partial charge is 0.410 e. The van der Waals surface area contributed by atoms with Crippen molar-refractivity contribution in [2.24, 2.45) is 0 Å². The Morgan fingerprint density at radius 1 is 1.19 bits per heavy atom. The lowest BCUT2D eigenvalue weighted by molar-refractivity contribution is -0.173. The maximum Gasteiger partial charge on any atom is 0.410 e. The molecular weight excluding hydrogens is 409 g/mol. The molecule has 2 aliphatic rings. The molecule has 31 heavy (non-hydrogen) atoms. The summed E-state index contributed by atoms with van der Waals surface area (Å²) in [6.07, 6.45) is -2.43. The van der Waals surface area contributed by atoms with E-state index in [4.69, 9.17) is 9.47 Å². The summed E-state index contributed by atoms with van der Waals surface area (Å²) in [5, 5.41) is 7.58. The fraction of sp³-hybridized carbons (Fsp3) is 0.591. The van der Waals surface area contributed by atoms with Crippen molar-refractivity contribution in [1.29, 1.82) is 0 Å². The number of ether oxygens (including phenoxy) is 2. The molecule has 0 unspecified atom stereocenters. The molecule has 1 fully saturated rings. The molecule has 0 amide bonds. The van der Waals surface area contributed by atoms with Crippen LogP contribution in [-0.2, 0) is 11.3 Å². The summed E-state index contributed by atoms with van der Waals surface area (Å²) in [7, 11) is 1.63. The second kappa shape index (κ2) is 9.08. The summed E-state index contributed by atoms with van der Waals surface area (Å²) in [6.45, 7) is 4.43. The summed E-state index contributed by atoms with van der Waals surface area (Å²) in [5.41, 5.74) is 1.85. The van der Waals surface area contributed by atoms with Gasteiger partial charge in [0.25, 0.3) is 0 Å². The number of nitrogens with one attached hydrogen (secondary N) is 1. The van der Waals surface area contributed by atoms with E-state index < -0.39 is 12.2 Å². The number of fused-ring (bicyclic) bond motifs is 1. The van der Waals surface area contributed by atoms with Gasteiger partial charge < -0.3 is 14.8 Å². The van der Waals surface area contributed by atoms with Crippen molar-refractivity contribution < 1.29 is 22.6 Å². The van der Waals surface area contributed by atoms with Crippen LogP contribution in [0.5, 0.6) is 5.75 Å². The molecule has 4 rings (SSSR count). The summed E-state index contributed by atoms with van der Waals surface area (Å²) >= 11 is 0. The van der Waals surface area contributed by atoms with Crippen molar-refractivity contribution >= 4 is 5.82 Å². The second-order valence-corrected chi connectivity index (χ2v) is 8.35. The standard InChI is InChI=1S/C22H29F3N4O2/c1-15-12-20(22(23,24)25)29-21(26-15)13-18(27-29)19-4-3-9-28(19)14-16-5-7-17(8-6-16)31-11-10-30-2/h5-8,13,15,19-20,26H,3-4,9-12,14H2,1-2H3/t15-,19-,20-/m1/s1. The lowest BCUT2D eigenvalue weighted by atomic mass is 10.1. The van der Waals surface area contributed by atoms with E-state index in [1.165, 1.54) is 0 Å². The van der Waals surface area contributed by atoms with Crippen molar-refractivity contribution in [3.05, 3.63) is 41.6 Å². The van der Waals surface area contributed by atoms with Crippen molar-refractivity contribution in [2.45, 2.75) is 57.0 Å². The Morgan fingerprint density at radius 2 is 1.97 bits per heavy atom. The molecule has 3 atom stereocenters. The molecule has 6 nitrogen and oxygen atoms in total. The Kier molecular flexibility index (Phi) is 6.43. The number of alkyl halides is 3. The number of nitrogens with zero attached hydrogens (tertiary/aromatic N) is 3. The van der Waals surface area contributed by atoms with Crippen molar-refractivity contribution in [3.63, 3.8) is 0 Å². The molecule has 0 saturated carbocycles. The molecule has 1 saturated heterocycles. The number of hydrogen-bond donors (Lipinski definition) is 1. The number of halogens is 3. The number of anilines is 1. The molecular formula is C22H29F3N4O2. The van der Waals surface area contributed by atoms with E-state index in [2.05, 4.69) is 15.3 Å². The monoisotopic (exact) mass is 438 g/mol. The molecule has 2 aromatic rings. The number of methoxy groups -OCH3 is 1. The zero-order chi connectivity index (χ0) is 22.0. The van der Waals surface area contributed by atoms with Crippen molar-refractivity contribution in [3.8, 4) is 5.75 Å². The Labute approximate surface area is 180 Å². The Morgan fingerprint density at radius 3 is 2.68 bits per heavy atom. The molecule has 1 aromatic carbocycles. The van der Waals surface area contributed by atoms with Crippen LogP contribution in [0, 0.1) is 0 Å². The van der Waals surface area contributed by atoms with Crippen molar-refractivity contribution in [2.75, 3.05) is 32.2 Å². The van der Waals surface area contributed by atoms with Gasteiger partial charge in [-0.15, -0.1) is 0 Å². The molecule has 3 heterocycles. The average Bonchev–Trinajstić information content (AvgIpc) is 3.34. The quantitative estimate of drug-likeness (QED) is 0.643. The minimum absolute atomic E-state index is 0.00913. The number of hydrogen-bond acceptors (Lipinski definition) is 5. The van der Waals surface area contributed by atoms with E-state index in [9.17, 15) is 13.2 Å². The first kappa shape index (κ1) is 22.0. The summed E-state index contributed by atoms with van der Waals surface area (Å²) in [5.74, 6) is 1.25. The normalized spacial score (nSPS) is 24.1. The van der Waals surface area contributed by atoms with Gasteiger partial charge in [-0.25, -0.2) is 4.68 Å². The van der Waals surface area contributed by atoms with Crippen LogP contribution in [-0.4, -0.2) is 53.8 Å². The van der Waals surface area contributed by atoms with E-state index in [1.807, 2.05) is 24.3 Å². The van der Waals surface area contributed by atoms with Gasteiger partial charge in [-0.3, -0.25) is 4.90 Å². The lowest BCUT2D eigenvalue weighted by Crippen LogP contribution is -2.37. The first-order chi connectivity index (χ1) is 14.8. The van der Waals surface area contributed by atoms with Crippen LogP contribution >= 0.6 is 0 Å². The average molecular weight is 438 g/mol.